The van der Waals surface area contributed by atoms with E-state index >= 15 is 0 Å². The SMILES string of the molecule is CC(C)Cc1cc(C(=O)N2CCCC2C(=O)Nc2cc(Cl)cc(Cl)c2)n[nH]1. The van der Waals surface area contributed by atoms with Crippen LogP contribution in [0.4, 0.5) is 5.69 Å². The van der Waals surface area contributed by atoms with Crippen LogP contribution in [0.1, 0.15) is 42.9 Å². The average Bonchev–Trinajstić information content (AvgIpc) is 3.21. The third-order valence-electron chi connectivity index (χ3n) is 4.42. The van der Waals surface area contributed by atoms with E-state index in [1.165, 1.54) is 0 Å². The third kappa shape index (κ3) is 4.82. The molecule has 144 valence electrons. The van der Waals surface area contributed by atoms with Gasteiger partial charge in [0.05, 0.1) is 0 Å². The number of likely N-dealkylation sites (tertiary alicyclic amines) is 1. The Morgan fingerprint density at radius 2 is 1.96 bits per heavy atom. The number of anilines is 1. The van der Waals surface area contributed by atoms with Gasteiger partial charge < -0.3 is 10.2 Å². The molecule has 1 aliphatic heterocycles. The monoisotopic (exact) mass is 408 g/mol. The van der Waals surface area contributed by atoms with Crippen molar-refractivity contribution in [3.05, 3.63) is 45.7 Å². The van der Waals surface area contributed by atoms with E-state index in [1.807, 2.05) is 0 Å². The van der Waals surface area contributed by atoms with Gasteiger partial charge >= 0.3 is 0 Å². The first-order chi connectivity index (χ1) is 12.8. The van der Waals surface area contributed by atoms with Crippen molar-refractivity contribution in [2.75, 3.05) is 11.9 Å². The van der Waals surface area contributed by atoms with Gasteiger partial charge in [0.1, 0.15) is 11.7 Å². The maximum absolute atomic E-state index is 12.8. The molecule has 1 aromatic heterocycles. The molecule has 6 nitrogen and oxygen atoms in total. The molecule has 27 heavy (non-hydrogen) atoms. The Hall–Kier alpha value is -2.05. The summed E-state index contributed by atoms with van der Waals surface area (Å²) >= 11 is 12.0. The van der Waals surface area contributed by atoms with E-state index in [-0.39, 0.29) is 11.8 Å². The minimum atomic E-state index is -0.541. The van der Waals surface area contributed by atoms with Gasteiger partial charge in [-0.15, -0.1) is 0 Å². The molecule has 2 amide bonds. The zero-order valence-corrected chi connectivity index (χ0v) is 16.8. The van der Waals surface area contributed by atoms with Gasteiger partial charge in [-0.25, -0.2) is 0 Å². The first kappa shape index (κ1) is 19.7. The van der Waals surface area contributed by atoms with Crippen LogP contribution in [0.15, 0.2) is 24.3 Å². The molecule has 0 saturated carbocycles. The van der Waals surface area contributed by atoms with Gasteiger partial charge in [0.15, 0.2) is 0 Å². The predicted molar refractivity (Wildman–Crippen MR) is 106 cm³/mol. The van der Waals surface area contributed by atoms with E-state index in [1.54, 1.807) is 29.2 Å². The lowest BCUT2D eigenvalue weighted by Gasteiger charge is -2.23. The van der Waals surface area contributed by atoms with E-state index in [9.17, 15) is 9.59 Å². The zero-order valence-electron chi connectivity index (χ0n) is 15.3. The first-order valence-electron chi connectivity index (χ1n) is 8.95. The van der Waals surface area contributed by atoms with Crippen LogP contribution in [0.3, 0.4) is 0 Å². The van der Waals surface area contributed by atoms with Crippen LogP contribution in [0, 0.1) is 5.92 Å². The molecule has 8 heteroatoms. The lowest BCUT2D eigenvalue weighted by molar-refractivity contribution is -0.119. The molecule has 0 aliphatic carbocycles. The zero-order chi connectivity index (χ0) is 19.6. The summed E-state index contributed by atoms with van der Waals surface area (Å²) in [6.45, 7) is 4.73. The normalized spacial score (nSPS) is 16.8. The van der Waals surface area contributed by atoms with Gasteiger partial charge in [-0.05, 0) is 49.4 Å². The van der Waals surface area contributed by atoms with Crippen LogP contribution >= 0.6 is 23.2 Å². The van der Waals surface area contributed by atoms with Crippen molar-refractivity contribution in [3.8, 4) is 0 Å². The van der Waals surface area contributed by atoms with Crippen molar-refractivity contribution in [1.82, 2.24) is 15.1 Å². The van der Waals surface area contributed by atoms with Gasteiger partial charge in [-0.3, -0.25) is 14.7 Å². The molecule has 1 fully saturated rings. The summed E-state index contributed by atoms with van der Waals surface area (Å²) in [5.74, 6) is -0.0246. The number of hydrogen-bond donors (Lipinski definition) is 2. The molecule has 3 rings (SSSR count). The van der Waals surface area contributed by atoms with Crippen LogP contribution in [0.2, 0.25) is 10.0 Å². The van der Waals surface area contributed by atoms with Crippen molar-refractivity contribution < 1.29 is 9.59 Å². The summed E-state index contributed by atoms with van der Waals surface area (Å²) in [6.07, 6.45) is 2.19. The minimum Gasteiger partial charge on any atom is -0.325 e. The van der Waals surface area contributed by atoms with Crippen LogP contribution in [-0.2, 0) is 11.2 Å². The number of halogens is 2. The molecular formula is C19H22Cl2N4O2. The van der Waals surface area contributed by atoms with Gasteiger partial charge in [-0.2, -0.15) is 5.10 Å². The molecule has 1 unspecified atom stereocenters. The molecule has 0 bridgehead atoms. The highest BCUT2D eigenvalue weighted by Crippen LogP contribution is 2.25. The van der Waals surface area contributed by atoms with Gasteiger partial charge in [-0.1, -0.05) is 37.0 Å². The Kier molecular flexibility index (Phi) is 6.07. The van der Waals surface area contributed by atoms with Crippen LogP contribution in [0.25, 0.3) is 0 Å². The summed E-state index contributed by atoms with van der Waals surface area (Å²) in [5, 5.41) is 10.7. The second-order valence-corrected chi connectivity index (χ2v) is 8.05. The number of carbonyl (C=O) groups is 2. The maximum Gasteiger partial charge on any atom is 0.275 e. The molecule has 0 spiro atoms. The standard InChI is InChI=1S/C19H22Cl2N4O2/c1-11(2)6-15-10-16(24-23-15)19(27)25-5-3-4-17(25)18(26)22-14-8-12(20)7-13(21)9-14/h7-11,17H,3-6H2,1-2H3,(H,22,26)(H,23,24). The molecule has 2 N–H and O–H groups in total. The van der Waals surface area contributed by atoms with Crippen molar-refractivity contribution in [1.29, 1.82) is 0 Å². The van der Waals surface area contributed by atoms with Crippen LogP contribution < -0.4 is 5.32 Å². The number of aromatic nitrogens is 2. The number of H-pyrrole nitrogens is 1. The number of nitrogens with zero attached hydrogens (tertiary/aromatic N) is 2. The second-order valence-electron chi connectivity index (χ2n) is 7.18. The maximum atomic E-state index is 12.8. The highest BCUT2D eigenvalue weighted by molar-refractivity contribution is 6.35. The Balaban J connectivity index is 1.71. The van der Waals surface area contributed by atoms with Gasteiger partial charge in [0, 0.05) is 28.0 Å². The fourth-order valence-corrected chi connectivity index (χ4v) is 3.82. The summed E-state index contributed by atoms with van der Waals surface area (Å²) in [5.41, 5.74) is 1.77. The lowest BCUT2D eigenvalue weighted by atomic mass is 10.1. The summed E-state index contributed by atoms with van der Waals surface area (Å²) < 4.78 is 0. The molecule has 1 aromatic carbocycles. The Morgan fingerprint density at radius 3 is 2.63 bits per heavy atom. The highest BCUT2D eigenvalue weighted by atomic mass is 35.5. The fourth-order valence-electron chi connectivity index (χ4n) is 3.30. The highest BCUT2D eigenvalue weighted by Gasteiger charge is 2.35. The quantitative estimate of drug-likeness (QED) is 0.779. The molecular weight excluding hydrogens is 387 g/mol. The molecule has 2 aromatic rings. The number of benzene rings is 1. The topological polar surface area (TPSA) is 78.1 Å². The number of aromatic amines is 1. The van der Waals surface area contributed by atoms with Gasteiger partial charge in [0.25, 0.3) is 5.91 Å². The number of nitrogens with one attached hydrogen (secondary N) is 2. The largest absolute Gasteiger partial charge is 0.325 e. The van der Waals surface area contributed by atoms with E-state index in [0.717, 1.165) is 18.5 Å². The van der Waals surface area contributed by atoms with E-state index in [4.69, 9.17) is 23.2 Å². The predicted octanol–water partition coefficient (Wildman–Crippen LogP) is 4.16. The summed E-state index contributed by atoms with van der Waals surface area (Å²) in [7, 11) is 0. The average molecular weight is 409 g/mol. The van der Waals surface area contributed by atoms with E-state index < -0.39 is 6.04 Å². The lowest BCUT2D eigenvalue weighted by Crippen LogP contribution is -2.43. The summed E-state index contributed by atoms with van der Waals surface area (Å²) in [6, 6.07) is 6.07. The Morgan fingerprint density at radius 1 is 1.26 bits per heavy atom. The minimum absolute atomic E-state index is 0.233. The van der Waals surface area contributed by atoms with Crippen LogP contribution in [0.5, 0.6) is 0 Å². The molecule has 1 saturated heterocycles. The fraction of sp³-hybridized carbons (Fsp3) is 0.421. The first-order valence-corrected chi connectivity index (χ1v) is 9.71. The number of carbonyl (C=O) groups excluding carboxylic acids is 2. The number of rotatable bonds is 5. The number of hydrogen-bond acceptors (Lipinski definition) is 3. The molecule has 0 radical (unpaired) electrons. The van der Waals surface area contributed by atoms with E-state index in [0.29, 0.717) is 40.3 Å². The molecule has 1 atom stereocenters. The third-order valence-corrected chi connectivity index (χ3v) is 4.86. The Bertz CT molecular complexity index is 830. The van der Waals surface area contributed by atoms with Gasteiger partial charge in [0.2, 0.25) is 5.91 Å². The van der Waals surface area contributed by atoms with Crippen molar-refractivity contribution >= 4 is 40.7 Å². The second kappa shape index (κ2) is 8.31. The van der Waals surface area contributed by atoms with Crippen LogP contribution in [-0.4, -0.2) is 39.5 Å². The van der Waals surface area contributed by atoms with E-state index in [2.05, 4.69) is 29.4 Å². The van der Waals surface area contributed by atoms with Crippen molar-refractivity contribution in [2.24, 2.45) is 5.92 Å². The summed E-state index contributed by atoms with van der Waals surface area (Å²) in [4.78, 5) is 27.1. The Labute approximate surface area is 168 Å². The smallest absolute Gasteiger partial charge is 0.275 e. The van der Waals surface area contributed by atoms with Crippen molar-refractivity contribution in [2.45, 2.75) is 39.2 Å². The number of amides is 2. The van der Waals surface area contributed by atoms with Crippen molar-refractivity contribution in [3.63, 3.8) is 0 Å². The molecule has 1 aliphatic rings. The molecule has 2 heterocycles.